The predicted octanol–water partition coefficient (Wildman–Crippen LogP) is 1.85. The van der Waals surface area contributed by atoms with Gasteiger partial charge in [-0.1, -0.05) is 13.3 Å². The Hall–Kier alpha value is -0.440. The molecular formula is C7H14ClN3. The maximum Gasteiger partial charge on any atom is 0.134 e. The van der Waals surface area contributed by atoms with Crippen molar-refractivity contribution < 1.29 is 0 Å². The van der Waals surface area contributed by atoms with E-state index in [1.54, 1.807) is 10.8 Å². The molecule has 0 aliphatic carbocycles. The highest BCUT2D eigenvalue weighted by Crippen LogP contribution is 2.17. The first-order valence-electron chi connectivity index (χ1n) is 3.96. The molecule has 0 saturated carbocycles. The van der Waals surface area contributed by atoms with Gasteiger partial charge in [0, 0.05) is 18.8 Å². The van der Waals surface area contributed by atoms with Gasteiger partial charge >= 0.3 is 0 Å². The molecule has 0 spiro atoms. The monoisotopic (exact) mass is 175 g/mol. The molecule has 1 heterocycles. The first-order chi connectivity index (χ1) is 5.25. The van der Waals surface area contributed by atoms with Gasteiger partial charge < -0.3 is 0 Å². The SMILES string of the molecule is CCCCC1N(Cl)C=NN1C. The van der Waals surface area contributed by atoms with Crippen LogP contribution < -0.4 is 0 Å². The van der Waals surface area contributed by atoms with E-state index in [9.17, 15) is 0 Å². The lowest BCUT2D eigenvalue weighted by Crippen LogP contribution is -2.31. The molecule has 0 radical (unpaired) electrons. The van der Waals surface area contributed by atoms with E-state index in [-0.39, 0.29) is 6.17 Å². The molecule has 1 unspecified atom stereocenters. The molecule has 0 N–H and O–H groups in total. The molecule has 0 saturated heterocycles. The van der Waals surface area contributed by atoms with Crippen molar-refractivity contribution in [2.75, 3.05) is 7.05 Å². The standard InChI is InChI=1S/C7H14ClN3/c1-3-4-5-7-10(2)9-6-11(7)8/h6-7H,3-5H2,1-2H3. The number of hydrazone groups is 1. The summed E-state index contributed by atoms with van der Waals surface area (Å²) in [5.74, 6) is 0. The van der Waals surface area contributed by atoms with Gasteiger partial charge in [0.2, 0.25) is 0 Å². The van der Waals surface area contributed by atoms with Crippen LogP contribution in [0.2, 0.25) is 0 Å². The van der Waals surface area contributed by atoms with Crippen molar-refractivity contribution in [3.05, 3.63) is 0 Å². The van der Waals surface area contributed by atoms with Crippen LogP contribution >= 0.6 is 11.8 Å². The summed E-state index contributed by atoms with van der Waals surface area (Å²) in [7, 11) is 1.94. The summed E-state index contributed by atoms with van der Waals surface area (Å²) in [6, 6.07) is 0. The Labute approximate surface area is 72.7 Å². The highest BCUT2D eigenvalue weighted by atomic mass is 35.5. The zero-order chi connectivity index (χ0) is 8.27. The Balaban J connectivity index is 2.33. The van der Waals surface area contributed by atoms with Crippen LogP contribution in [-0.2, 0) is 0 Å². The fourth-order valence-corrected chi connectivity index (χ4v) is 1.40. The Bertz CT molecular complexity index is 137. The third-order valence-electron chi connectivity index (χ3n) is 1.88. The number of rotatable bonds is 3. The summed E-state index contributed by atoms with van der Waals surface area (Å²) >= 11 is 5.85. The average molecular weight is 176 g/mol. The van der Waals surface area contributed by atoms with Crippen LogP contribution in [0.15, 0.2) is 5.10 Å². The number of hydrogen-bond donors (Lipinski definition) is 0. The van der Waals surface area contributed by atoms with Gasteiger partial charge in [0.25, 0.3) is 0 Å². The van der Waals surface area contributed by atoms with E-state index in [1.807, 2.05) is 12.1 Å². The van der Waals surface area contributed by atoms with Crippen LogP contribution in [0, 0.1) is 0 Å². The summed E-state index contributed by atoms with van der Waals surface area (Å²) in [6.07, 6.45) is 5.39. The molecule has 1 aliphatic heterocycles. The molecule has 1 rings (SSSR count). The van der Waals surface area contributed by atoms with E-state index in [0.717, 1.165) is 6.42 Å². The van der Waals surface area contributed by atoms with Gasteiger partial charge in [-0.2, -0.15) is 5.10 Å². The number of unbranched alkanes of at least 4 members (excludes halogenated alkanes) is 1. The zero-order valence-corrected chi connectivity index (χ0v) is 7.75. The highest BCUT2D eigenvalue weighted by molar-refractivity contribution is 6.19. The normalized spacial score (nSPS) is 23.4. The summed E-state index contributed by atoms with van der Waals surface area (Å²) in [5.41, 5.74) is 0. The third-order valence-corrected chi connectivity index (χ3v) is 2.19. The van der Waals surface area contributed by atoms with Crippen LogP contribution in [0.5, 0.6) is 0 Å². The Morgan fingerprint density at radius 2 is 2.36 bits per heavy atom. The van der Waals surface area contributed by atoms with Crippen molar-refractivity contribution in [3.63, 3.8) is 0 Å². The fourth-order valence-electron chi connectivity index (χ4n) is 1.14. The fraction of sp³-hybridized carbons (Fsp3) is 0.857. The lowest BCUT2D eigenvalue weighted by molar-refractivity contribution is 0.200. The molecule has 0 aromatic rings. The molecular weight excluding hydrogens is 162 g/mol. The Kier molecular flexibility index (Phi) is 3.00. The van der Waals surface area contributed by atoms with E-state index < -0.39 is 0 Å². The van der Waals surface area contributed by atoms with Gasteiger partial charge in [0.05, 0.1) is 0 Å². The van der Waals surface area contributed by atoms with Gasteiger partial charge in [0.15, 0.2) is 0 Å². The van der Waals surface area contributed by atoms with Crippen molar-refractivity contribution >= 4 is 18.1 Å². The van der Waals surface area contributed by atoms with Crippen molar-refractivity contribution in [3.8, 4) is 0 Å². The van der Waals surface area contributed by atoms with Gasteiger partial charge in [-0.05, 0) is 12.8 Å². The third kappa shape index (κ3) is 1.99. The molecule has 64 valence electrons. The summed E-state index contributed by atoms with van der Waals surface area (Å²) < 4.78 is 1.63. The van der Waals surface area contributed by atoms with Crippen LogP contribution in [0.1, 0.15) is 26.2 Å². The molecule has 11 heavy (non-hydrogen) atoms. The molecule has 0 fully saturated rings. The van der Waals surface area contributed by atoms with Crippen molar-refractivity contribution in [2.24, 2.45) is 5.10 Å². The second kappa shape index (κ2) is 3.81. The topological polar surface area (TPSA) is 18.8 Å². The van der Waals surface area contributed by atoms with Gasteiger partial charge in [-0.15, -0.1) is 0 Å². The minimum atomic E-state index is 0.261. The van der Waals surface area contributed by atoms with Crippen LogP contribution in [0.4, 0.5) is 0 Å². The van der Waals surface area contributed by atoms with E-state index in [0.29, 0.717) is 0 Å². The molecule has 0 aromatic carbocycles. The van der Waals surface area contributed by atoms with Crippen LogP contribution in [0.25, 0.3) is 0 Å². The predicted molar refractivity (Wildman–Crippen MR) is 47.3 cm³/mol. The second-order valence-corrected chi connectivity index (χ2v) is 3.16. The molecule has 1 aliphatic rings. The average Bonchev–Trinajstić information content (AvgIpc) is 2.29. The van der Waals surface area contributed by atoms with Crippen LogP contribution in [0.3, 0.4) is 0 Å². The second-order valence-electron chi connectivity index (χ2n) is 2.77. The van der Waals surface area contributed by atoms with E-state index >= 15 is 0 Å². The maximum absolute atomic E-state index is 5.85. The number of hydrogen-bond acceptors (Lipinski definition) is 3. The Morgan fingerprint density at radius 1 is 1.64 bits per heavy atom. The minimum Gasteiger partial charge on any atom is -0.275 e. The first kappa shape index (κ1) is 8.65. The quantitative estimate of drug-likeness (QED) is 0.610. The van der Waals surface area contributed by atoms with Gasteiger partial charge in [-0.25, -0.2) is 4.42 Å². The highest BCUT2D eigenvalue weighted by Gasteiger charge is 2.22. The van der Waals surface area contributed by atoms with Crippen molar-refractivity contribution in [2.45, 2.75) is 32.4 Å². The minimum absolute atomic E-state index is 0.261. The number of nitrogens with zero attached hydrogens (tertiary/aromatic N) is 3. The molecule has 0 amide bonds. The lowest BCUT2D eigenvalue weighted by Gasteiger charge is -2.22. The molecule has 3 nitrogen and oxygen atoms in total. The summed E-state index contributed by atoms with van der Waals surface area (Å²) in [6.45, 7) is 2.17. The lowest BCUT2D eigenvalue weighted by atomic mass is 10.2. The van der Waals surface area contributed by atoms with Gasteiger partial charge in [0.1, 0.15) is 12.5 Å². The molecule has 1 atom stereocenters. The van der Waals surface area contributed by atoms with E-state index in [2.05, 4.69) is 12.0 Å². The Morgan fingerprint density at radius 3 is 2.82 bits per heavy atom. The maximum atomic E-state index is 5.85. The summed E-state index contributed by atoms with van der Waals surface area (Å²) in [4.78, 5) is 0. The van der Waals surface area contributed by atoms with E-state index in [1.165, 1.54) is 12.8 Å². The molecule has 0 aromatic heterocycles. The summed E-state index contributed by atoms with van der Waals surface area (Å²) in [5, 5.41) is 5.95. The largest absolute Gasteiger partial charge is 0.275 e. The van der Waals surface area contributed by atoms with Crippen molar-refractivity contribution in [1.82, 2.24) is 9.43 Å². The zero-order valence-electron chi connectivity index (χ0n) is 7.00. The van der Waals surface area contributed by atoms with E-state index in [4.69, 9.17) is 11.8 Å². The molecule has 0 bridgehead atoms. The number of halogens is 1. The first-order valence-corrected chi connectivity index (χ1v) is 4.30. The molecule has 4 heteroatoms. The van der Waals surface area contributed by atoms with Crippen LogP contribution in [-0.4, -0.2) is 29.0 Å². The van der Waals surface area contributed by atoms with Gasteiger partial charge in [-0.3, -0.25) is 5.01 Å². The smallest absolute Gasteiger partial charge is 0.134 e. The van der Waals surface area contributed by atoms with Crippen molar-refractivity contribution in [1.29, 1.82) is 0 Å².